The molecule has 0 spiro atoms. The third-order valence-electron chi connectivity index (χ3n) is 5.47. The van der Waals surface area contributed by atoms with E-state index >= 15 is 0 Å². The molecule has 1 heterocycles. The smallest absolute Gasteiger partial charge is 0.223 e. The Balaban J connectivity index is 1.58. The lowest BCUT2D eigenvalue weighted by atomic mass is 9.95. The monoisotopic (exact) mass is 346 g/mol. The molecule has 5 nitrogen and oxygen atoms in total. The Morgan fingerprint density at radius 3 is 3.00 bits per heavy atom. The maximum atomic E-state index is 12.5. The summed E-state index contributed by atoms with van der Waals surface area (Å²) in [6, 6.07) is 6.16. The van der Waals surface area contributed by atoms with Gasteiger partial charge in [0, 0.05) is 30.6 Å². The van der Waals surface area contributed by atoms with E-state index in [1.807, 2.05) is 6.07 Å². The largest absolute Gasteiger partial charge is 0.493 e. The summed E-state index contributed by atoms with van der Waals surface area (Å²) in [5.41, 5.74) is 7.99. The van der Waals surface area contributed by atoms with Crippen molar-refractivity contribution >= 4 is 5.91 Å². The van der Waals surface area contributed by atoms with Gasteiger partial charge in [-0.25, -0.2) is 0 Å². The maximum Gasteiger partial charge on any atom is 0.223 e. The highest BCUT2D eigenvalue weighted by Gasteiger charge is 2.31. The molecule has 1 unspecified atom stereocenters. The highest BCUT2D eigenvalue weighted by atomic mass is 16.5. The van der Waals surface area contributed by atoms with Crippen molar-refractivity contribution in [2.75, 3.05) is 26.4 Å². The van der Waals surface area contributed by atoms with Gasteiger partial charge in [0.1, 0.15) is 5.75 Å². The van der Waals surface area contributed by atoms with Gasteiger partial charge in [-0.3, -0.25) is 4.79 Å². The molecular weight excluding hydrogens is 316 g/mol. The normalized spacial score (nSPS) is 25.9. The van der Waals surface area contributed by atoms with Crippen molar-refractivity contribution in [1.82, 2.24) is 5.32 Å². The average molecular weight is 346 g/mol. The summed E-state index contributed by atoms with van der Waals surface area (Å²) in [5, 5.41) is 3.09. The van der Waals surface area contributed by atoms with Gasteiger partial charge in [0.15, 0.2) is 0 Å². The fourth-order valence-corrected chi connectivity index (χ4v) is 3.84. The Kier molecular flexibility index (Phi) is 6.32. The zero-order chi connectivity index (χ0) is 17.6. The number of carbonyl (C=O) groups is 1. The predicted octanol–water partition coefficient (Wildman–Crippen LogP) is 2.40. The summed E-state index contributed by atoms with van der Waals surface area (Å²) in [7, 11) is 0. The van der Waals surface area contributed by atoms with Crippen LogP contribution in [0.4, 0.5) is 0 Å². The molecule has 25 heavy (non-hydrogen) atoms. The number of nitrogens with two attached hydrogens (primary N) is 1. The number of aryl methyl sites for hydroxylation is 1. The van der Waals surface area contributed by atoms with Crippen LogP contribution in [0.2, 0.25) is 0 Å². The summed E-state index contributed by atoms with van der Waals surface area (Å²) in [4.78, 5) is 12.5. The van der Waals surface area contributed by atoms with Crippen LogP contribution in [0, 0.1) is 24.7 Å². The molecule has 1 aromatic carbocycles. The molecular formula is C20H30N2O3. The topological polar surface area (TPSA) is 73.6 Å². The number of hydrogen-bond acceptors (Lipinski definition) is 4. The molecule has 0 bridgehead atoms. The molecule has 2 fully saturated rings. The Hall–Kier alpha value is -1.59. The Morgan fingerprint density at radius 2 is 2.24 bits per heavy atom. The molecule has 3 rings (SSSR count). The van der Waals surface area contributed by atoms with Crippen molar-refractivity contribution in [1.29, 1.82) is 0 Å². The molecule has 138 valence electrons. The molecule has 1 aliphatic heterocycles. The lowest BCUT2D eigenvalue weighted by Gasteiger charge is -2.19. The van der Waals surface area contributed by atoms with E-state index < -0.39 is 0 Å². The molecule has 5 heteroatoms. The van der Waals surface area contributed by atoms with E-state index in [0.717, 1.165) is 55.8 Å². The van der Waals surface area contributed by atoms with E-state index in [1.165, 1.54) is 0 Å². The third-order valence-corrected chi connectivity index (χ3v) is 5.47. The summed E-state index contributed by atoms with van der Waals surface area (Å²) >= 11 is 0. The van der Waals surface area contributed by atoms with Gasteiger partial charge in [-0.1, -0.05) is 18.6 Å². The first kappa shape index (κ1) is 18.2. The zero-order valence-corrected chi connectivity index (χ0v) is 15.1. The first-order valence-corrected chi connectivity index (χ1v) is 9.45. The summed E-state index contributed by atoms with van der Waals surface area (Å²) in [6.45, 7) is 5.43. The standard InChI is InChI=1S/C20H30N2O3/c1-14-5-6-17(19(9-14)25-13-15-7-8-24-12-15)11-22-20(23)18-4-2-3-16(18)10-21/h5-6,9,15-16,18H,2-4,7-8,10-13,21H2,1H3,(H,22,23)/t15?,16-,18-/m1/s1. The van der Waals surface area contributed by atoms with Gasteiger partial charge >= 0.3 is 0 Å². The number of benzene rings is 1. The first-order chi connectivity index (χ1) is 12.2. The number of nitrogens with one attached hydrogen (secondary N) is 1. The van der Waals surface area contributed by atoms with E-state index in [2.05, 4.69) is 24.4 Å². The van der Waals surface area contributed by atoms with Crippen LogP contribution in [0.1, 0.15) is 36.8 Å². The van der Waals surface area contributed by atoms with Crippen molar-refractivity contribution in [2.45, 2.75) is 39.2 Å². The summed E-state index contributed by atoms with van der Waals surface area (Å²) in [5.74, 6) is 1.86. The number of amides is 1. The molecule has 1 amide bonds. The molecule has 0 aromatic heterocycles. The second-order valence-electron chi connectivity index (χ2n) is 7.40. The Labute approximate surface area is 150 Å². The Morgan fingerprint density at radius 1 is 1.36 bits per heavy atom. The molecule has 0 radical (unpaired) electrons. The third kappa shape index (κ3) is 4.73. The Bertz CT molecular complexity index is 584. The minimum atomic E-state index is 0.0652. The van der Waals surface area contributed by atoms with Crippen molar-refractivity contribution in [3.8, 4) is 5.75 Å². The lowest BCUT2D eigenvalue weighted by Crippen LogP contribution is -2.34. The SMILES string of the molecule is Cc1ccc(CNC(=O)[C@@H]2CCC[C@@H]2CN)c(OCC2CCOC2)c1. The van der Waals surface area contributed by atoms with E-state index in [9.17, 15) is 4.79 Å². The molecule has 1 aliphatic carbocycles. The molecule has 1 saturated carbocycles. The fraction of sp³-hybridized carbons (Fsp3) is 0.650. The number of carbonyl (C=O) groups excluding carboxylic acids is 1. The average Bonchev–Trinajstić information content (AvgIpc) is 3.30. The lowest BCUT2D eigenvalue weighted by molar-refractivity contribution is -0.126. The number of rotatable bonds is 7. The van der Waals surface area contributed by atoms with Crippen molar-refractivity contribution in [2.24, 2.45) is 23.5 Å². The molecule has 3 atom stereocenters. The molecule has 1 aromatic rings. The van der Waals surface area contributed by atoms with Gasteiger partial charge in [0.25, 0.3) is 0 Å². The van der Waals surface area contributed by atoms with Gasteiger partial charge in [0.2, 0.25) is 5.91 Å². The van der Waals surface area contributed by atoms with Crippen LogP contribution in [0.5, 0.6) is 5.75 Å². The van der Waals surface area contributed by atoms with Crippen LogP contribution in [0.25, 0.3) is 0 Å². The van der Waals surface area contributed by atoms with E-state index in [-0.39, 0.29) is 11.8 Å². The summed E-state index contributed by atoms with van der Waals surface area (Å²) < 4.78 is 11.5. The molecule has 2 aliphatic rings. The van der Waals surface area contributed by atoms with Crippen LogP contribution >= 0.6 is 0 Å². The van der Waals surface area contributed by atoms with Crippen LogP contribution < -0.4 is 15.8 Å². The van der Waals surface area contributed by atoms with E-state index in [0.29, 0.717) is 31.5 Å². The van der Waals surface area contributed by atoms with E-state index in [1.54, 1.807) is 0 Å². The van der Waals surface area contributed by atoms with Gasteiger partial charge < -0.3 is 20.5 Å². The summed E-state index contributed by atoms with van der Waals surface area (Å²) in [6.07, 6.45) is 4.17. The highest BCUT2D eigenvalue weighted by molar-refractivity contribution is 5.79. The quantitative estimate of drug-likeness (QED) is 0.795. The van der Waals surface area contributed by atoms with E-state index in [4.69, 9.17) is 15.2 Å². The molecule has 3 N–H and O–H groups in total. The van der Waals surface area contributed by atoms with Crippen LogP contribution in [0.15, 0.2) is 18.2 Å². The predicted molar refractivity (Wildman–Crippen MR) is 97.3 cm³/mol. The van der Waals surface area contributed by atoms with Crippen molar-refractivity contribution < 1.29 is 14.3 Å². The number of hydrogen-bond donors (Lipinski definition) is 2. The van der Waals surface area contributed by atoms with Crippen molar-refractivity contribution in [3.05, 3.63) is 29.3 Å². The maximum absolute atomic E-state index is 12.5. The molecule has 1 saturated heterocycles. The highest BCUT2D eigenvalue weighted by Crippen LogP contribution is 2.31. The second-order valence-corrected chi connectivity index (χ2v) is 7.40. The van der Waals surface area contributed by atoms with Crippen LogP contribution in [0.3, 0.4) is 0 Å². The van der Waals surface area contributed by atoms with Gasteiger partial charge in [-0.05, 0) is 50.3 Å². The van der Waals surface area contributed by atoms with Gasteiger partial charge in [-0.2, -0.15) is 0 Å². The fourth-order valence-electron chi connectivity index (χ4n) is 3.84. The first-order valence-electron chi connectivity index (χ1n) is 9.45. The minimum Gasteiger partial charge on any atom is -0.493 e. The van der Waals surface area contributed by atoms with Crippen molar-refractivity contribution in [3.63, 3.8) is 0 Å². The minimum absolute atomic E-state index is 0.0652. The van der Waals surface area contributed by atoms with Gasteiger partial charge in [-0.15, -0.1) is 0 Å². The zero-order valence-electron chi connectivity index (χ0n) is 15.1. The van der Waals surface area contributed by atoms with Crippen LogP contribution in [-0.4, -0.2) is 32.3 Å². The number of ether oxygens (including phenoxy) is 2. The van der Waals surface area contributed by atoms with Crippen LogP contribution in [-0.2, 0) is 16.1 Å². The van der Waals surface area contributed by atoms with Gasteiger partial charge in [0.05, 0.1) is 13.2 Å². The second kappa shape index (κ2) is 8.68.